The molecule has 1 aliphatic heterocycles. The molecule has 0 amide bonds. The summed E-state index contributed by atoms with van der Waals surface area (Å²) in [5.74, 6) is 1.56. The Morgan fingerprint density at radius 1 is 1.05 bits per heavy atom. The molecule has 1 aliphatic rings. The number of rotatable bonds is 2. The third-order valence-electron chi connectivity index (χ3n) is 4.06. The highest BCUT2D eigenvalue weighted by Crippen LogP contribution is 2.41. The van der Waals surface area contributed by atoms with Crippen molar-refractivity contribution in [2.75, 3.05) is 0 Å². The molecule has 1 heteroatoms. The molecule has 0 aliphatic carbocycles. The summed E-state index contributed by atoms with van der Waals surface area (Å²) < 4.78 is 6.18. The van der Waals surface area contributed by atoms with E-state index < -0.39 is 0 Å². The summed E-state index contributed by atoms with van der Waals surface area (Å²) in [5.41, 5.74) is 5.38. The second-order valence-corrected chi connectivity index (χ2v) is 5.63. The topological polar surface area (TPSA) is 9.23 Å². The molecule has 2 aromatic rings. The summed E-state index contributed by atoms with van der Waals surface area (Å²) in [4.78, 5) is 0. The highest BCUT2D eigenvalue weighted by molar-refractivity contribution is 5.48. The molecule has 0 bridgehead atoms. The van der Waals surface area contributed by atoms with E-state index in [9.17, 15) is 0 Å². The summed E-state index contributed by atoms with van der Waals surface area (Å²) in [5, 5.41) is 0. The molecule has 0 fully saturated rings. The van der Waals surface area contributed by atoms with Crippen molar-refractivity contribution in [2.24, 2.45) is 0 Å². The van der Waals surface area contributed by atoms with Gasteiger partial charge < -0.3 is 4.74 Å². The van der Waals surface area contributed by atoms with Gasteiger partial charge in [-0.3, -0.25) is 0 Å². The van der Waals surface area contributed by atoms with Crippen molar-refractivity contribution in [1.82, 2.24) is 0 Å². The first-order valence-corrected chi connectivity index (χ1v) is 6.97. The fourth-order valence-corrected chi connectivity index (χ4v) is 3.14. The molecule has 0 radical (unpaired) electrons. The van der Waals surface area contributed by atoms with Crippen molar-refractivity contribution in [1.29, 1.82) is 0 Å². The molecule has 2 unspecified atom stereocenters. The molecule has 0 spiro atoms. The van der Waals surface area contributed by atoms with Crippen molar-refractivity contribution in [3.05, 3.63) is 64.7 Å². The van der Waals surface area contributed by atoms with Crippen LogP contribution in [0, 0.1) is 13.8 Å². The zero-order chi connectivity index (χ0) is 13.4. The predicted molar refractivity (Wildman–Crippen MR) is 78.9 cm³/mol. The second-order valence-electron chi connectivity index (χ2n) is 5.63. The second kappa shape index (κ2) is 4.73. The molecule has 1 nitrogen and oxygen atoms in total. The van der Waals surface area contributed by atoms with Gasteiger partial charge in [0, 0.05) is 17.9 Å². The smallest absolute Gasteiger partial charge is 0.123 e. The molecule has 2 atom stereocenters. The molecule has 19 heavy (non-hydrogen) atoms. The zero-order valence-electron chi connectivity index (χ0n) is 11.8. The van der Waals surface area contributed by atoms with Gasteiger partial charge in [-0.25, -0.2) is 0 Å². The van der Waals surface area contributed by atoms with E-state index in [-0.39, 0.29) is 6.10 Å². The first-order valence-electron chi connectivity index (χ1n) is 6.97. The van der Waals surface area contributed by atoms with Crippen LogP contribution in [0.1, 0.15) is 35.1 Å². The Hall–Kier alpha value is -1.76. The highest BCUT2D eigenvalue weighted by atomic mass is 16.5. The van der Waals surface area contributed by atoms with Crippen LogP contribution in [-0.2, 0) is 6.42 Å². The minimum absolute atomic E-state index is 0.262. The van der Waals surface area contributed by atoms with Gasteiger partial charge in [0.25, 0.3) is 0 Å². The van der Waals surface area contributed by atoms with E-state index in [1.807, 2.05) is 0 Å². The Morgan fingerprint density at radius 2 is 1.79 bits per heavy atom. The van der Waals surface area contributed by atoms with Crippen LogP contribution in [0.5, 0.6) is 5.75 Å². The van der Waals surface area contributed by atoms with Crippen LogP contribution in [0.25, 0.3) is 0 Å². The summed E-state index contributed by atoms with van der Waals surface area (Å²) >= 11 is 0. The molecule has 2 aromatic carbocycles. The van der Waals surface area contributed by atoms with E-state index in [0.29, 0.717) is 5.92 Å². The minimum atomic E-state index is 0.262. The van der Waals surface area contributed by atoms with Gasteiger partial charge in [-0.05, 0) is 36.6 Å². The van der Waals surface area contributed by atoms with Crippen LogP contribution >= 0.6 is 0 Å². The van der Waals surface area contributed by atoms with Crippen LogP contribution in [-0.4, -0.2) is 6.10 Å². The van der Waals surface area contributed by atoms with Crippen LogP contribution < -0.4 is 4.74 Å². The van der Waals surface area contributed by atoms with Crippen molar-refractivity contribution >= 4 is 0 Å². The lowest BCUT2D eigenvalue weighted by molar-refractivity contribution is 0.211. The fourth-order valence-electron chi connectivity index (χ4n) is 3.14. The lowest BCUT2D eigenvalue weighted by Crippen LogP contribution is -2.19. The summed E-state index contributed by atoms with van der Waals surface area (Å²) in [7, 11) is 0. The maximum Gasteiger partial charge on any atom is 0.123 e. The molecule has 3 rings (SSSR count). The maximum absolute atomic E-state index is 6.18. The van der Waals surface area contributed by atoms with E-state index in [1.165, 1.54) is 22.3 Å². The van der Waals surface area contributed by atoms with Crippen molar-refractivity contribution in [3.8, 4) is 5.75 Å². The third-order valence-corrected chi connectivity index (χ3v) is 4.06. The predicted octanol–water partition coefficient (Wildman–Crippen LogP) is 4.41. The number of hydrogen-bond donors (Lipinski definition) is 0. The van der Waals surface area contributed by atoms with Gasteiger partial charge in [-0.1, -0.05) is 43.3 Å². The molecule has 0 N–H and O–H groups in total. The van der Waals surface area contributed by atoms with Gasteiger partial charge >= 0.3 is 0 Å². The van der Waals surface area contributed by atoms with Gasteiger partial charge in [-0.2, -0.15) is 0 Å². The highest BCUT2D eigenvalue weighted by Gasteiger charge is 2.32. The number of hydrogen-bond acceptors (Lipinski definition) is 1. The summed E-state index contributed by atoms with van der Waals surface area (Å²) in [6.07, 6.45) is 1.24. The Morgan fingerprint density at radius 3 is 2.53 bits per heavy atom. The van der Waals surface area contributed by atoms with Gasteiger partial charge in [0.1, 0.15) is 11.9 Å². The quantitative estimate of drug-likeness (QED) is 0.769. The van der Waals surface area contributed by atoms with Crippen LogP contribution in [0.15, 0.2) is 42.5 Å². The fraction of sp³-hybridized carbons (Fsp3) is 0.333. The Balaban J connectivity index is 1.87. The Bertz CT molecular complexity index is 586. The summed E-state index contributed by atoms with van der Waals surface area (Å²) in [6.45, 7) is 6.60. The average molecular weight is 252 g/mol. The van der Waals surface area contributed by atoms with Gasteiger partial charge in [0.05, 0.1) is 0 Å². The number of benzene rings is 2. The normalized spacial score (nSPS) is 21.0. The monoisotopic (exact) mass is 252 g/mol. The molecule has 1 heterocycles. The van der Waals surface area contributed by atoms with Gasteiger partial charge in [0.15, 0.2) is 0 Å². The van der Waals surface area contributed by atoms with E-state index in [1.54, 1.807) is 0 Å². The van der Waals surface area contributed by atoms with Crippen molar-refractivity contribution in [2.45, 2.75) is 39.2 Å². The number of ether oxygens (including phenoxy) is 1. The first-order chi connectivity index (χ1) is 9.15. The molecule has 0 aromatic heterocycles. The van der Waals surface area contributed by atoms with E-state index in [2.05, 4.69) is 63.2 Å². The Labute approximate surface area is 115 Å². The van der Waals surface area contributed by atoms with E-state index in [0.717, 1.165) is 12.2 Å². The summed E-state index contributed by atoms with van der Waals surface area (Å²) in [6, 6.07) is 15.0. The minimum Gasteiger partial charge on any atom is -0.489 e. The Kier molecular flexibility index (Phi) is 3.06. The van der Waals surface area contributed by atoms with Crippen LogP contribution in [0.4, 0.5) is 0 Å². The van der Waals surface area contributed by atoms with Gasteiger partial charge in [-0.15, -0.1) is 0 Å². The molecule has 98 valence electrons. The van der Waals surface area contributed by atoms with Crippen LogP contribution in [0.2, 0.25) is 0 Å². The number of aryl methyl sites for hydroxylation is 2. The standard InChI is InChI=1S/C18H20O/c1-12-9-13(2)18-14(3)16(19-17(18)10-12)11-15-7-5-4-6-8-15/h4-10,14,16H,11H2,1-3H3. The molecular formula is C18H20O. The lowest BCUT2D eigenvalue weighted by Gasteiger charge is -2.15. The van der Waals surface area contributed by atoms with Crippen LogP contribution in [0.3, 0.4) is 0 Å². The molecule has 0 saturated heterocycles. The van der Waals surface area contributed by atoms with E-state index >= 15 is 0 Å². The van der Waals surface area contributed by atoms with E-state index in [4.69, 9.17) is 4.74 Å². The van der Waals surface area contributed by atoms with Gasteiger partial charge in [0.2, 0.25) is 0 Å². The molecule has 0 saturated carbocycles. The SMILES string of the molecule is Cc1cc(C)c2c(c1)OC(Cc1ccccc1)C2C. The third kappa shape index (κ3) is 2.25. The lowest BCUT2D eigenvalue weighted by atomic mass is 9.90. The van der Waals surface area contributed by atoms with Crippen molar-refractivity contribution < 1.29 is 4.74 Å². The largest absolute Gasteiger partial charge is 0.489 e. The first kappa shape index (κ1) is 12.3. The maximum atomic E-state index is 6.18. The van der Waals surface area contributed by atoms with Crippen molar-refractivity contribution in [3.63, 3.8) is 0 Å². The average Bonchev–Trinajstić information content (AvgIpc) is 2.67. The zero-order valence-corrected chi connectivity index (χ0v) is 11.8. The number of fused-ring (bicyclic) bond motifs is 1. The molecular weight excluding hydrogens is 232 g/mol.